The first-order chi connectivity index (χ1) is 8.61. The molecule has 0 spiro atoms. The van der Waals surface area contributed by atoms with Crippen LogP contribution in [-0.4, -0.2) is 73.9 Å². The molecule has 2 rings (SSSR count). The average molecular weight is 255 g/mol. The molecule has 0 aromatic rings. The van der Waals surface area contributed by atoms with Crippen molar-refractivity contribution in [2.24, 2.45) is 5.92 Å². The molecule has 0 bridgehead atoms. The van der Waals surface area contributed by atoms with E-state index in [4.69, 9.17) is 0 Å². The van der Waals surface area contributed by atoms with Gasteiger partial charge in [-0.1, -0.05) is 0 Å². The highest BCUT2D eigenvalue weighted by Gasteiger charge is 2.44. The lowest BCUT2D eigenvalue weighted by Gasteiger charge is -2.37. The third-order valence-electron chi connectivity index (χ3n) is 4.88. The van der Waals surface area contributed by atoms with Gasteiger partial charge in [-0.15, -0.1) is 0 Å². The predicted molar refractivity (Wildman–Crippen MR) is 74.7 cm³/mol. The van der Waals surface area contributed by atoms with Gasteiger partial charge in [-0.25, -0.2) is 0 Å². The molecule has 106 valence electrons. The van der Waals surface area contributed by atoms with Crippen LogP contribution in [0.5, 0.6) is 0 Å². The van der Waals surface area contributed by atoms with Crippen molar-refractivity contribution in [3.05, 3.63) is 0 Å². The van der Waals surface area contributed by atoms with Crippen LogP contribution in [-0.2, 0) is 0 Å². The summed E-state index contributed by atoms with van der Waals surface area (Å²) < 4.78 is 0. The third kappa shape index (κ3) is 3.05. The molecule has 2 N–H and O–H groups in total. The average Bonchev–Trinajstić information content (AvgIpc) is 3.13. The van der Waals surface area contributed by atoms with Crippen molar-refractivity contribution < 1.29 is 5.11 Å². The van der Waals surface area contributed by atoms with Crippen LogP contribution in [0.1, 0.15) is 25.7 Å². The fourth-order valence-corrected chi connectivity index (χ4v) is 3.42. The quantitative estimate of drug-likeness (QED) is 0.689. The molecule has 2 atom stereocenters. The van der Waals surface area contributed by atoms with E-state index in [1.807, 2.05) is 7.05 Å². The Morgan fingerprint density at radius 2 is 2.11 bits per heavy atom. The lowest BCUT2D eigenvalue weighted by atomic mass is 9.93. The van der Waals surface area contributed by atoms with Crippen LogP contribution in [0.2, 0.25) is 0 Å². The van der Waals surface area contributed by atoms with Gasteiger partial charge in [0.25, 0.3) is 0 Å². The first-order valence-corrected chi connectivity index (χ1v) is 7.30. The van der Waals surface area contributed by atoms with Gasteiger partial charge in [-0.2, -0.15) is 0 Å². The smallest absolute Gasteiger partial charge is 0.0628 e. The second-order valence-electron chi connectivity index (χ2n) is 6.31. The van der Waals surface area contributed by atoms with Gasteiger partial charge in [0.1, 0.15) is 0 Å². The zero-order valence-corrected chi connectivity index (χ0v) is 12.2. The van der Waals surface area contributed by atoms with E-state index in [2.05, 4.69) is 29.2 Å². The van der Waals surface area contributed by atoms with E-state index in [1.165, 1.54) is 32.2 Å². The van der Waals surface area contributed by atoms with E-state index in [0.717, 1.165) is 13.1 Å². The summed E-state index contributed by atoms with van der Waals surface area (Å²) in [5.74, 6) is 0.663. The number of likely N-dealkylation sites (N-methyl/N-ethyl adjacent to an activating group) is 3. The summed E-state index contributed by atoms with van der Waals surface area (Å²) in [4.78, 5) is 4.87. The van der Waals surface area contributed by atoms with Crippen LogP contribution in [0.3, 0.4) is 0 Å². The minimum Gasteiger partial charge on any atom is -0.394 e. The number of aliphatic hydroxyl groups is 1. The molecule has 4 nitrogen and oxygen atoms in total. The SMILES string of the molecule is CNC(CO)(CN(C)CC1CCCN1C)C1CC1. The topological polar surface area (TPSA) is 38.7 Å². The maximum Gasteiger partial charge on any atom is 0.0628 e. The summed E-state index contributed by atoms with van der Waals surface area (Å²) in [6.07, 6.45) is 5.17. The molecule has 2 aliphatic rings. The fraction of sp³-hybridized carbons (Fsp3) is 1.00. The van der Waals surface area contributed by atoms with E-state index >= 15 is 0 Å². The third-order valence-corrected chi connectivity index (χ3v) is 4.88. The van der Waals surface area contributed by atoms with Gasteiger partial charge >= 0.3 is 0 Å². The van der Waals surface area contributed by atoms with Crippen molar-refractivity contribution in [1.82, 2.24) is 15.1 Å². The predicted octanol–water partition coefficient (Wildman–Crippen LogP) is 0.373. The minimum absolute atomic E-state index is 0.0775. The number of nitrogens with zero attached hydrogens (tertiary/aromatic N) is 2. The van der Waals surface area contributed by atoms with Gasteiger partial charge in [0.2, 0.25) is 0 Å². The van der Waals surface area contributed by atoms with Crippen LogP contribution in [0.15, 0.2) is 0 Å². The lowest BCUT2D eigenvalue weighted by molar-refractivity contribution is 0.0971. The second-order valence-corrected chi connectivity index (χ2v) is 6.31. The molecule has 0 aromatic carbocycles. The second kappa shape index (κ2) is 5.87. The molecule has 1 aliphatic heterocycles. The zero-order chi connectivity index (χ0) is 13.2. The Balaban J connectivity index is 1.86. The van der Waals surface area contributed by atoms with Crippen molar-refractivity contribution in [2.75, 3.05) is 47.4 Å². The van der Waals surface area contributed by atoms with Gasteiger partial charge in [-0.05, 0) is 59.3 Å². The van der Waals surface area contributed by atoms with E-state index < -0.39 is 0 Å². The van der Waals surface area contributed by atoms with E-state index in [0.29, 0.717) is 12.0 Å². The summed E-state index contributed by atoms with van der Waals surface area (Å²) in [6, 6.07) is 0.697. The number of hydrogen-bond donors (Lipinski definition) is 2. The minimum atomic E-state index is -0.0775. The number of aliphatic hydroxyl groups excluding tert-OH is 1. The number of likely N-dealkylation sites (tertiary alicyclic amines) is 1. The zero-order valence-electron chi connectivity index (χ0n) is 12.2. The first kappa shape index (κ1) is 14.3. The monoisotopic (exact) mass is 255 g/mol. The van der Waals surface area contributed by atoms with E-state index in [1.54, 1.807) is 0 Å². The summed E-state index contributed by atoms with van der Waals surface area (Å²) in [5.41, 5.74) is -0.0775. The molecule has 0 radical (unpaired) electrons. The van der Waals surface area contributed by atoms with Gasteiger partial charge in [0, 0.05) is 19.1 Å². The van der Waals surface area contributed by atoms with Crippen LogP contribution < -0.4 is 5.32 Å². The highest BCUT2D eigenvalue weighted by Crippen LogP contribution is 2.39. The van der Waals surface area contributed by atoms with Crippen LogP contribution in [0.4, 0.5) is 0 Å². The Morgan fingerprint density at radius 3 is 2.56 bits per heavy atom. The number of hydrogen-bond acceptors (Lipinski definition) is 4. The molecule has 0 amide bonds. The van der Waals surface area contributed by atoms with Crippen molar-refractivity contribution >= 4 is 0 Å². The van der Waals surface area contributed by atoms with Crippen molar-refractivity contribution in [2.45, 2.75) is 37.3 Å². The summed E-state index contributed by atoms with van der Waals surface area (Å²) in [5, 5.41) is 13.1. The maximum atomic E-state index is 9.75. The molecule has 1 saturated heterocycles. The molecular formula is C14H29N3O. The molecule has 0 aromatic heterocycles. The standard InChI is InChI=1S/C14H29N3O/c1-15-14(11-18,12-6-7-12)10-16(2)9-13-5-4-8-17(13)3/h12-13,15,18H,4-11H2,1-3H3. The van der Waals surface area contributed by atoms with Crippen molar-refractivity contribution in [3.8, 4) is 0 Å². The van der Waals surface area contributed by atoms with Gasteiger partial charge in [0.15, 0.2) is 0 Å². The molecule has 18 heavy (non-hydrogen) atoms. The van der Waals surface area contributed by atoms with Gasteiger partial charge in [-0.3, -0.25) is 0 Å². The molecule has 4 heteroatoms. The number of rotatable bonds is 7. The number of nitrogens with one attached hydrogen (secondary N) is 1. The summed E-state index contributed by atoms with van der Waals surface area (Å²) in [7, 11) is 6.41. The van der Waals surface area contributed by atoms with Crippen molar-refractivity contribution in [1.29, 1.82) is 0 Å². The van der Waals surface area contributed by atoms with E-state index in [-0.39, 0.29) is 12.1 Å². The first-order valence-electron chi connectivity index (χ1n) is 7.30. The van der Waals surface area contributed by atoms with Crippen molar-refractivity contribution in [3.63, 3.8) is 0 Å². The highest BCUT2D eigenvalue weighted by molar-refractivity contribution is 5.02. The molecule has 1 aliphatic carbocycles. The molecule has 1 saturated carbocycles. The summed E-state index contributed by atoms with van der Waals surface area (Å²) in [6.45, 7) is 3.55. The molecular weight excluding hydrogens is 226 g/mol. The Hall–Kier alpha value is -0.160. The molecule has 1 heterocycles. The lowest BCUT2D eigenvalue weighted by Crippen LogP contribution is -2.57. The Morgan fingerprint density at radius 1 is 1.39 bits per heavy atom. The Labute approximate surface area is 111 Å². The molecule has 2 unspecified atom stereocenters. The van der Waals surface area contributed by atoms with Gasteiger partial charge < -0.3 is 20.2 Å². The van der Waals surface area contributed by atoms with Gasteiger partial charge in [0.05, 0.1) is 12.1 Å². The Bertz CT molecular complexity index is 264. The van der Waals surface area contributed by atoms with Crippen LogP contribution >= 0.6 is 0 Å². The maximum absolute atomic E-state index is 9.75. The Kier molecular flexibility index (Phi) is 4.64. The fourth-order valence-electron chi connectivity index (χ4n) is 3.42. The largest absolute Gasteiger partial charge is 0.394 e. The molecule has 2 fully saturated rings. The highest BCUT2D eigenvalue weighted by atomic mass is 16.3. The van der Waals surface area contributed by atoms with Crippen LogP contribution in [0.25, 0.3) is 0 Å². The normalized spacial score (nSPS) is 28.8. The van der Waals surface area contributed by atoms with Crippen LogP contribution in [0, 0.1) is 5.92 Å². The van der Waals surface area contributed by atoms with E-state index in [9.17, 15) is 5.11 Å². The summed E-state index contributed by atoms with van der Waals surface area (Å²) >= 11 is 0.